The Morgan fingerprint density at radius 1 is 1.16 bits per heavy atom. The number of anilines is 1. The summed E-state index contributed by atoms with van der Waals surface area (Å²) in [6.45, 7) is 0.241. The average Bonchev–Trinajstić information content (AvgIpc) is 2.40. The molecule has 1 heterocycles. The highest BCUT2D eigenvalue weighted by Crippen LogP contribution is 2.18. The van der Waals surface area contributed by atoms with Gasteiger partial charge in [0.1, 0.15) is 0 Å². The van der Waals surface area contributed by atoms with Gasteiger partial charge < -0.3 is 10.5 Å². The molecule has 100 valence electrons. The molecule has 0 bridgehead atoms. The van der Waals surface area contributed by atoms with Crippen LogP contribution in [0, 0.1) is 0 Å². The van der Waals surface area contributed by atoms with Crippen molar-refractivity contribution < 1.29 is 13.2 Å². The highest BCUT2D eigenvalue weighted by atomic mass is 32.2. The first-order valence-corrected chi connectivity index (χ1v) is 7.29. The van der Waals surface area contributed by atoms with E-state index in [1.165, 1.54) is 18.5 Å². The molecule has 0 aliphatic carbocycles. The second-order valence-electron chi connectivity index (χ2n) is 3.98. The van der Waals surface area contributed by atoms with Gasteiger partial charge >= 0.3 is 0 Å². The van der Waals surface area contributed by atoms with Crippen LogP contribution >= 0.6 is 0 Å². The highest BCUT2D eigenvalue weighted by molar-refractivity contribution is 7.91. The molecule has 0 aliphatic heterocycles. The highest BCUT2D eigenvalue weighted by Gasteiger charge is 2.17. The molecule has 1 aromatic heterocycles. The van der Waals surface area contributed by atoms with E-state index in [1.54, 1.807) is 0 Å². The Morgan fingerprint density at radius 2 is 1.89 bits per heavy atom. The van der Waals surface area contributed by atoms with Crippen molar-refractivity contribution >= 4 is 15.5 Å². The van der Waals surface area contributed by atoms with Gasteiger partial charge in [-0.2, -0.15) is 0 Å². The second kappa shape index (κ2) is 5.81. The van der Waals surface area contributed by atoms with E-state index in [-0.39, 0.29) is 17.2 Å². The second-order valence-corrected chi connectivity index (χ2v) is 5.89. The molecule has 0 atom stereocenters. The number of nitrogens with zero attached hydrogens (tertiary/aromatic N) is 1. The molecular weight excluding hydrogens is 264 g/mol. The molecule has 0 spiro atoms. The minimum Gasteiger partial charge on any atom is -0.396 e. The Morgan fingerprint density at radius 3 is 2.58 bits per heavy atom. The summed E-state index contributed by atoms with van der Waals surface area (Å²) < 4.78 is 29.3. The topological polar surface area (TPSA) is 82.3 Å². The van der Waals surface area contributed by atoms with Crippen LogP contribution in [0.2, 0.25) is 0 Å². The van der Waals surface area contributed by atoms with Gasteiger partial charge in [-0.25, -0.2) is 8.42 Å². The van der Waals surface area contributed by atoms with Crippen LogP contribution < -0.4 is 5.73 Å². The summed E-state index contributed by atoms with van der Waals surface area (Å²) in [7, 11) is -3.55. The first-order valence-electron chi connectivity index (χ1n) is 5.63. The molecular formula is C13H14N2O3S. The molecule has 0 radical (unpaired) electrons. The van der Waals surface area contributed by atoms with Crippen molar-refractivity contribution in [1.29, 1.82) is 0 Å². The summed E-state index contributed by atoms with van der Waals surface area (Å²) in [5.41, 5.74) is 6.64. The van der Waals surface area contributed by atoms with Crippen molar-refractivity contribution in [3.05, 3.63) is 54.4 Å². The Kier molecular flexibility index (Phi) is 4.13. The molecule has 0 amide bonds. The molecule has 0 aliphatic rings. The predicted octanol–water partition coefficient (Wildman–Crippen LogP) is 1.61. The van der Waals surface area contributed by atoms with Crippen LogP contribution in [-0.2, 0) is 21.2 Å². The lowest BCUT2D eigenvalue weighted by atomic mass is 10.2. The Hall–Kier alpha value is -1.92. The summed E-state index contributed by atoms with van der Waals surface area (Å²) >= 11 is 0. The van der Waals surface area contributed by atoms with Crippen molar-refractivity contribution in [2.45, 2.75) is 11.5 Å². The van der Waals surface area contributed by atoms with Crippen molar-refractivity contribution in [2.24, 2.45) is 0 Å². The number of sulfone groups is 1. The molecule has 2 N–H and O–H groups in total. The van der Waals surface area contributed by atoms with E-state index in [4.69, 9.17) is 10.5 Å². The van der Waals surface area contributed by atoms with Gasteiger partial charge in [0, 0.05) is 6.20 Å². The van der Waals surface area contributed by atoms with Crippen LogP contribution in [0.25, 0.3) is 0 Å². The molecule has 2 rings (SSSR count). The van der Waals surface area contributed by atoms with Gasteiger partial charge in [-0.3, -0.25) is 4.98 Å². The fraction of sp³-hybridized carbons (Fsp3) is 0.154. The largest absolute Gasteiger partial charge is 0.396 e. The number of nitrogen functional groups attached to an aromatic ring is 1. The van der Waals surface area contributed by atoms with Crippen molar-refractivity contribution in [3.63, 3.8) is 0 Å². The SMILES string of the molecule is Nc1cnccc1S(=O)(=O)COCc1ccccc1. The monoisotopic (exact) mass is 278 g/mol. The molecule has 0 saturated carbocycles. The van der Waals surface area contributed by atoms with Crippen molar-refractivity contribution in [3.8, 4) is 0 Å². The van der Waals surface area contributed by atoms with E-state index in [0.29, 0.717) is 0 Å². The lowest BCUT2D eigenvalue weighted by Gasteiger charge is -2.07. The number of benzene rings is 1. The number of nitrogens with two attached hydrogens (primary N) is 1. The van der Waals surface area contributed by atoms with E-state index < -0.39 is 15.8 Å². The number of hydrogen-bond donors (Lipinski definition) is 1. The third kappa shape index (κ3) is 3.52. The Balaban J connectivity index is 2.01. The summed E-state index contributed by atoms with van der Waals surface area (Å²) in [6, 6.07) is 10.7. The summed E-state index contributed by atoms with van der Waals surface area (Å²) in [4.78, 5) is 3.81. The number of ether oxygens (including phenoxy) is 1. The van der Waals surface area contributed by atoms with Crippen LogP contribution in [0.3, 0.4) is 0 Å². The van der Waals surface area contributed by atoms with Crippen molar-refractivity contribution in [1.82, 2.24) is 4.98 Å². The van der Waals surface area contributed by atoms with Crippen LogP contribution in [0.4, 0.5) is 5.69 Å². The van der Waals surface area contributed by atoms with Gasteiger partial charge in [0.05, 0.1) is 23.4 Å². The Bertz CT molecular complexity index is 642. The zero-order chi connectivity index (χ0) is 13.7. The summed E-state index contributed by atoms with van der Waals surface area (Å²) in [5.74, 6) is -0.407. The van der Waals surface area contributed by atoms with Crippen molar-refractivity contribution in [2.75, 3.05) is 11.7 Å². The predicted molar refractivity (Wildman–Crippen MR) is 71.9 cm³/mol. The Labute approximate surface area is 112 Å². The smallest absolute Gasteiger partial charge is 0.204 e. The summed E-state index contributed by atoms with van der Waals surface area (Å²) in [6.07, 6.45) is 2.70. The number of hydrogen-bond acceptors (Lipinski definition) is 5. The maximum Gasteiger partial charge on any atom is 0.204 e. The minimum atomic E-state index is -3.55. The average molecular weight is 278 g/mol. The maximum atomic E-state index is 12.0. The molecule has 0 unspecified atom stereocenters. The van der Waals surface area contributed by atoms with Gasteiger partial charge in [0.25, 0.3) is 0 Å². The zero-order valence-corrected chi connectivity index (χ0v) is 11.0. The maximum absolute atomic E-state index is 12.0. The van der Waals surface area contributed by atoms with Gasteiger partial charge in [-0.05, 0) is 11.6 Å². The van der Waals surface area contributed by atoms with Gasteiger partial charge in [0.2, 0.25) is 9.84 Å². The van der Waals surface area contributed by atoms with E-state index in [9.17, 15) is 8.42 Å². The zero-order valence-electron chi connectivity index (χ0n) is 10.2. The molecule has 6 heteroatoms. The normalized spacial score (nSPS) is 11.4. The van der Waals surface area contributed by atoms with Gasteiger partial charge in [0.15, 0.2) is 5.94 Å². The first kappa shape index (κ1) is 13.5. The standard InChI is InChI=1S/C13H14N2O3S/c14-12-8-15-7-6-13(12)19(16,17)10-18-9-11-4-2-1-3-5-11/h1-8H,9-10,14H2. The molecule has 1 aromatic carbocycles. The van der Waals surface area contributed by atoms with Gasteiger partial charge in [-0.1, -0.05) is 30.3 Å². The molecule has 19 heavy (non-hydrogen) atoms. The van der Waals surface area contributed by atoms with Crippen LogP contribution in [-0.4, -0.2) is 19.3 Å². The third-order valence-corrected chi connectivity index (χ3v) is 4.01. The minimum absolute atomic E-state index is 0.0514. The van der Waals surface area contributed by atoms with Crippen LogP contribution in [0.1, 0.15) is 5.56 Å². The number of aromatic nitrogens is 1. The van der Waals surface area contributed by atoms with Crippen LogP contribution in [0.5, 0.6) is 0 Å². The van der Waals surface area contributed by atoms with E-state index in [0.717, 1.165) is 5.56 Å². The lowest BCUT2D eigenvalue weighted by Crippen LogP contribution is -2.12. The quantitative estimate of drug-likeness (QED) is 0.898. The number of rotatable bonds is 5. The molecule has 0 saturated heterocycles. The van der Waals surface area contributed by atoms with E-state index >= 15 is 0 Å². The van der Waals surface area contributed by atoms with Crippen LogP contribution in [0.15, 0.2) is 53.7 Å². The number of pyridine rings is 1. The van der Waals surface area contributed by atoms with Gasteiger partial charge in [-0.15, -0.1) is 0 Å². The molecule has 5 nitrogen and oxygen atoms in total. The molecule has 2 aromatic rings. The fourth-order valence-corrected chi connectivity index (χ4v) is 2.69. The molecule has 0 fully saturated rings. The fourth-order valence-electron chi connectivity index (χ4n) is 1.58. The van der Waals surface area contributed by atoms with E-state index in [2.05, 4.69) is 4.98 Å². The summed E-state index contributed by atoms with van der Waals surface area (Å²) in [5, 5.41) is 0. The van der Waals surface area contributed by atoms with E-state index in [1.807, 2.05) is 30.3 Å². The first-order chi connectivity index (χ1) is 9.09. The third-order valence-electron chi connectivity index (χ3n) is 2.50. The lowest BCUT2D eigenvalue weighted by molar-refractivity contribution is 0.163.